The highest BCUT2D eigenvalue weighted by Crippen LogP contribution is 2.04. The number of nitrogens with two attached hydrogens (primary N) is 1. The van der Waals surface area contributed by atoms with E-state index in [0.29, 0.717) is 0 Å². The molecule has 8 nitrogen and oxygen atoms in total. The first-order valence-corrected chi connectivity index (χ1v) is 5.41. The first kappa shape index (κ1) is 13.9. The molecule has 0 bridgehead atoms. The molecule has 0 aromatic carbocycles. The largest absolute Gasteiger partial charge is 0.379 e. The van der Waals surface area contributed by atoms with Gasteiger partial charge in [-0.05, 0) is 38.0 Å². The van der Waals surface area contributed by atoms with Crippen molar-refractivity contribution in [3.05, 3.63) is 5.69 Å². The Morgan fingerprint density at radius 1 is 1.33 bits per heavy atom. The van der Waals surface area contributed by atoms with Crippen molar-refractivity contribution in [2.24, 2.45) is 0 Å². The second-order valence-electron chi connectivity index (χ2n) is 4.93. The summed E-state index contributed by atoms with van der Waals surface area (Å²) in [4.78, 5) is 23.4. The second-order valence-corrected chi connectivity index (χ2v) is 4.93. The number of hydrogen-bond acceptors (Lipinski definition) is 6. The van der Waals surface area contributed by atoms with E-state index < -0.39 is 11.9 Å². The van der Waals surface area contributed by atoms with Crippen molar-refractivity contribution >= 4 is 17.6 Å². The number of nitrogens with one attached hydrogen (secondary N) is 2. The van der Waals surface area contributed by atoms with Gasteiger partial charge in [-0.3, -0.25) is 9.59 Å². The van der Waals surface area contributed by atoms with Crippen LogP contribution >= 0.6 is 0 Å². The Kier molecular flexibility index (Phi) is 3.89. The van der Waals surface area contributed by atoms with Gasteiger partial charge in [-0.2, -0.15) is 0 Å². The van der Waals surface area contributed by atoms with Crippen LogP contribution in [0.3, 0.4) is 0 Å². The van der Waals surface area contributed by atoms with Gasteiger partial charge in [0.25, 0.3) is 5.91 Å². The molecule has 2 amide bonds. The van der Waals surface area contributed by atoms with Gasteiger partial charge in [0, 0.05) is 5.54 Å². The number of nitrogen functional groups attached to an aromatic ring is 1. The lowest BCUT2D eigenvalue weighted by Gasteiger charge is -2.23. The molecule has 0 aliphatic heterocycles. The summed E-state index contributed by atoms with van der Waals surface area (Å²) in [6.45, 7) is 7.10. The molecule has 1 aromatic heterocycles. The molecule has 0 aliphatic rings. The standard InChI is InChI=1S/C10H17N5O3/c1-5(8(16)13-10(2,3)4)12-9(17)6-7(11)15-18-14-6/h5H,1-4H3,(H2,11,15)(H,12,17)(H,13,16). The van der Waals surface area contributed by atoms with Gasteiger partial charge in [-0.1, -0.05) is 0 Å². The van der Waals surface area contributed by atoms with Crippen molar-refractivity contribution in [3.8, 4) is 0 Å². The van der Waals surface area contributed by atoms with Crippen molar-refractivity contribution in [2.45, 2.75) is 39.3 Å². The zero-order chi connectivity index (χ0) is 13.9. The summed E-state index contributed by atoms with van der Waals surface area (Å²) >= 11 is 0. The third-order valence-corrected chi connectivity index (χ3v) is 1.97. The lowest BCUT2D eigenvalue weighted by Crippen LogP contribution is -2.50. The molecule has 1 atom stereocenters. The Morgan fingerprint density at radius 3 is 2.39 bits per heavy atom. The van der Waals surface area contributed by atoms with Crippen LogP contribution in [-0.4, -0.2) is 33.7 Å². The van der Waals surface area contributed by atoms with Crippen LogP contribution in [0.5, 0.6) is 0 Å². The van der Waals surface area contributed by atoms with E-state index in [9.17, 15) is 9.59 Å². The normalized spacial score (nSPS) is 12.9. The highest BCUT2D eigenvalue weighted by Gasteiger charge is 2.23. The number of carbonyl (C=O) groups excluding carboxylic acids is 2. The van der Waals surface area contributed by atoms with Gasteiger partial charge in [0.2, 0.25) is 17.4 Å². The number of rotatable bonds is 3. The predicted molar refractivity (Wildman–Crippen MR) is 63.5 cm³/mol. The highest BCUT2D eigenvalue weighted by atomic mass is 16.6. The number of amides is 2. The fraction of sp³-hybridized carbons (Fsp3) is 0.600. The van der Waals surface area contributed by atoms with Crippen molar-refractivity contribution in [2.75, 3.05) is 5.73 Å². The summed E-state index contributed by atoms with van der Waals surface area (Å²) in [5.41, 5.74) is 4.86. The van der Waals surface area contributed by atoms with Crippen molar-refractivity contribution in [1.29, 1.82) is 0 Å². The summed E-state index contributed by atoms with van der Waals surface area (Å²) in [7, 11) is 0. The van der Waals surface area contributed by atoms with Crippen LogP contribution in [0, 0.1) is 0 Å². The van der Waals surface area contributed by atoms with Crippen LogP contribution in [0.4, 0.5) is 5.82 Å². The van der Waals surface area contributed by atoms with Gasteiger partial charge >= 0.3 is 0 Å². The third kappa shape index (κ3) is 3.72. The minimum atomic E-state index is -0.715. The van der Waals surface area contributed by atoms with E-state index in [4.69, 9.17) is 5.73 Å². The molecule has 0 saturated heterocycles. The molecule has 1 rings (SSSR count). The van der Waals surface area contributed by atoms with Crippen LogP contribution in [0.15, 0.2) is 4.63 Å². The number of hydrogen-bond donors (Lipinski definition) is 3. The van der Waals surface area contributed by atoms with Gasteiger partial charge < -0.3 is 16.4 Å². The molecule has 0 saturated carbocycles. The number of aromatic nitrogens is 2. The predicted octanol–water partition coefficient (Wildman–Crippen LogP) is -0.315. The maximum absolute atomic E-state index is 11.7. The average molecular weight is 255 g/mol. The van der Waals surface area contributed by atoms with Gasteiger partial charge in [-0.25, -0.2) is 4.63 Å². The summed E-state index contributed by atoms with van der Waals surface area (Å²) in [6.07, 6.45) is 0. The van der Waals surface area contributed by atoms with Crippen LogP contribution < -0.4 is 16.4 Å². The van der Waals surface area contributed by atoms with E-state index in [0.717, 1.165) is 0 Å². The first-order valence-electron chi connectivity index (χ1n) is 5.41. The lowest BCUT2D eigenvalue weighted by atomic mass is 10.1. The number of anilines is 1. The van der Waals surface area contributed by atoms with E-state index in [1.165, 1.54) is 0 Å². The highest BCUT2D eigenvalue weighted by molar-refractivity contribution is 5.98. The van der Waals surface area contributed by atoms with Crippen LogP contribution in [0.25, 0.3) is 0 Å². The minimum absolute atomic E-state index is 0.115. The molecule has 1 unspecified atom stereocenters. The quantitative estimate of drug-likeness (QED) is 0.680. The summed E-state index contributed by atoms with van der Waals surface area (Å²) in [5.74, 6) is -1.02. The first-order chi connectivity index (χ1) is 8.20. The van der Waals surface area contributed by atoms with Gasteiger partial charge in [-0.15, -0.1) is 0 Å². The van der Waals surface area contributed by atoms with Crippen LogP contribution in [0.2, 0.25) is 0 Å². The molecule has 100 valence electrons. The van der Waals surface area contributed by atoms with Crippen molar-refractivity contribution in [3.63, 3.8) is 0 Å². The van der Waals surface area contributed by atoms with E-state index in [1.54, 1.807) is 6.92 Å². The van der Waals surface area contributed by atoms with Gasteiger partial charge in [0.05, 0.1) is 0 Å². The van der Waals surface area contributed by atoms with E-state index in [1.807, 2.05) is 20.8 Å². The average Bonchev–Trinajstić information content (AvgIpc) is 2.61. The maximum atomic E-state index is 11.7. The molecule has 4 N–H and O–H groups in total. The second kappa shape index (κ2) is 5.03. The molecule has 18 heavy (non-hydrogen) atoms. The molecule has 0 radical (unpaired) electrons. The molecule has 0 fully saturated rings. The van der Waals surface area contributed by atoms with Crippen LogP contribution in [0.1, 0.15) is 38.2 Å². The zero-order valence-electron chi connectivity index (χ0n) is 10.8. The van der Waals surface area contributed by atoms with E-state index in [-0.39, 0.29) is 23.0 Å². The summed E-state index contributed by atoms with van der Waals surface area (Å²) in [5, 5.41) is 11.8. The molecule has 0 aliphatic carbocycles. The Morgan fingerprint density at radius 2 is 1.94 bits per heavy atom. The van der Waals surface area contributed by atoms with Gasteiger partial charge in [0.1, 0.15) is 6.04 Å². The Bertz CT molecular complexity index is 449. The monoisotopic (exact) mass is 255 g/mol. The van der Waals surface area contributed by atoms with Crippen LogP contribution in [-0.2, 0) is 4.79 Å². The molecular weight excluding hydrogens is 238 g/mol. The maximum Gasteiger partial charge on any atom is 0.278 e. The van der Waals surface area contributed by atoms with Crippen molar-refractivity contribution in [1.82, 2.24) is 20.9 Å². The SMILES string of the molecule is CC(NC(=O)c1nonc1N)C(=O)NC(C)(C)C. The molecule has 0 spiro atoms. The lowest BCUT2D eigenvalue weighted by molar-refractivity contribution is -0.124. The number of nitrogens with zero attached hydrogens (tertiary/aromatic N) is 2. The Labute approximate surface area is 104 Å². The van der Waals surface area contributed by atoms with Gasteiger partial charge in [0.15, 0.2) is 0 Å². The molecular formula is C10H17N5O3. The number of carbonyl (C=O) groups is 2. The molecule has 8 heteroatoms. The van der Waals surface area contributed by atoms with Crippen molar-refractivity contribution < 1.29 is 14.2 Å². The fourth-order valence-electron chi connectivity index (χ4n) is 1.16. The Balaban J connectivity index is 2.60. The molecule has 1 aromatic rings. The molecule has 1 heterocycles. The summed E-state index contributed by atoms with van der Waals surface area (Å²) < 4.78 is 4.30. The van der Waals surface area contributed by atoms with E-state index >= 15 is 0 Å². The van der Waals surface area contributed by atoms with E-state index in [2.05, 4.69) is 25.6 Å². The minimum Gasteiger partial charge on any atom is -0.379 e. The fourth-order valence-corrected chi connectivity index (χ4v) is 1.16. The summed E-state index contributed by atoms with van der Waals surface area (Å²) in [6, 6.07) is -0.715. The smallest absolute Gasteiger partial charge is 0.278 e. The zero-order valence-corrected chi connectivity index (χ0v) is 10.8. The topological polar surface area (TPSA) is 123 Å². The Hall–Kier alpha value is -2.12. The third-order valence-electron chi connectivity index (χ3n) is 1.97.